The predicted octanol–water partition coefficient (Wildman–Crippen LogP) is 2.35. The van der Waals surface area contributed by atoms with Gasteiger partial charge >= 0.3 is 11.9 Å². The Morgan fingerprint density at radius 2 is 2.05 bits per heavy atom. The molecule has 2 rings (SSSR count). The molecule has 5 nitrogen and oxygen atoms in total. The third kappa shape index (κ3) is 3.61. The molecule has 0 saturated carbocycles. The molecule has 0 spiro atoms. The van der Waals surface area contributed by atoms with Crippen molar-refractivity contribution in [1.29, 1.82) is 0 Å². The third-order valence-corrected chi connectivity index (χ3v) is 3.29. The number of carbonyl (C=O) groups is 2. The molecular weight excluding hydrogens is 272 g/mol. The van der Waals surface area contributed by atoms with Crippen molar-refractivity contribution in [3.63, 3.8) is 0 Å². The standard InChI is InChI=1S/C16H20O5/c1-10(2)15(18)19-8-16(9-20-16)13-6-5-11(3)7-14(13)21-12(4)17/h5-7,10H,8-9H2,1-4H3. The number of esters is 2. The lowest BCUT2D eigenvalue weighted by atomic mass is 9.98. The zero-order chi connectivity index (χ0) is 15.6. The number of ether oxygens (including phenoxy) is 3. The Labute approximate surface area is 124 Å². The van der Waals surface area contributed by atoms with Gasteiger partial charge in [-0.25, -0.2) is 0 Å². The highest BCUT2D eigenvalue weighted by Crippen LogP contribution is 2.44. The van der Waals surface area contributed by atoms with E-state index < -0.39 is 11.6 Å². The molecule has 0 aromatic heterocycles. The fourth-order valence-corrected chi connectivity index (χ4v) is 2.00. The highest BCUT2D eigenvalue weighted by atomic mass is 16.6. The summed E-state index contributed by atoms with van der Waals surface area (Å²) in [6.07, 6.45) is 0. The monoisotopic (exact) mass is 292 g/mol. The summed E-state index contributed by atoms with van der Waals surface area (Å²) < 4.78 is 16.0. The Hall–Kier alpha value is -1.88. The number of hydrogen-bond acceptors (Lipinski definition) is 5. The fraction of sp³-hybridized carbons (Fsp3) is 0.500. The second-order valence-corrected chi connectivity index (χ2v) is 5.64. The summed E-state index contributed by atoms with van der Waals surface area (Å²) in [5.74, 6) is -0.393. The van der Waals surface area contributed by atoms with Gasteiger partial charge in [-0.15, -0.1) is 0 Å². The molecule has 1 aromatic rings. The van der Waals surface area contributed by atoms with Crippen molar-refractivity contribution >= 4 is 11.9 Å². The first-order valence-corrected chi connectivity index (χ1v) is 6.94. The molecule has 0 bridgehead atoms. The Bertz CT molecular complexity index is 558. The van der Waals surface area contributed by atoms with E-state index in [9.17, 15) is 9.59 Å². The lowest BCUT2D eigenvalue weighted by Crippen LogP contribution is -2.23. The molecule has 0 radical (unpaired) electrons. The highest BCUT2D eigenvalue weighted by Gasteiger charge is 2.50. The summed E-state index contributed by atoms with van der Waals surface area (Å²) in [7, 11) is 0. The molecule has 21 heavy (non-hydrogen) atoms. The molecule has 1 aliphatic heterocycles. The fourth-order valence-electron chi connectivity index (χ4n) is 2.00. The summed E-state index contributed by atoms with van der Waals surface area (Å²) >= 11 is 0. The highest BCUT2D eigenvalue weighted by molar-refractivity contribution is 5.72. The summed E-state index contributed by atoms with van der Waals surface area (Å²) in [4.78, 5) is 22.8. The van der Waals surface area contributed by atoms with Gasteiger partial charge < -0.3 is 14.2 Å². The van der Waals surface area contributed by atoms with Crippen molar-refractivity contribution in [2.24, 2.45) is 5.92 Å². The van der Waals surface area contributed by atoms with Gasteiger partial charge in [0, 0.05) is 12.5 Å². The quantitative estimate of drug-likeness (QED) is 0.473. The zero-order valence-electron chi connectivity index (χ0n) is 12.8. The van der Waals surface area contributed by atoms with Gasteiger partial charge in [0.2, 0.25) is 0 Å². The topological polar surface area (TPSA) is 65.1 Å². The van der Waals surface area contributed by atoms with Crippen molar-refractivity contribution in [3.05, 3.63) is 29.3 Å². The van der Waals surface area contributed by atoms with Crippen LogP contribution < -0.4 is 4.74 Å². The maximum absolute atomic E-state index is 11.6. The Morgan fingerprint density at radius 3 is 2.57 bits per heavy atom. The van der Waals surface area contributed by atoms with Gasteiger partial charge in [-0.1, -0.05) is 26.0 Å². The van der Waals surface area contributed by atoms with E-state index in [1.54, 1.807) is 19.9 Å². The number of rotatable bonds is 5. The van der Waals surface area contributed by atoms with Crippen molar-refractivity contribution in [3.8, 4) is 5.75 Å². The molecule has 1 unspecified atom stereocenters. The van der Waals surface area contributed by atoms with Crippen molar-refractivity contribution in [2.45, 2.75) is 33.3 Å². The second-order valence-electron chi connectivity index (χ2n) is 5.64. The van der Waals surface area contributed by atoms with Gasteiger partial charge in [-0.2, -0.15) is 0 Å². The summed E-state index contributed by atoms with van der Waals surface area (Å²) in [5.41, 5.74) is 1.02. The lowest BCUT2D eigenvalue weighted by Gasteiger charge is -2.17. The molecule has 0 amide bonds. The van der Waals surface area contributed by atoms with E-state index >= 15 is 0 Å². The first kappa shape index (κ1) is 15.5. The zero-order valence-corrected chi connectivity index (χ0v) is 12.8. The van der Waals surface area contributed by atoms with Crippen LogP contribution in [0.4, 0.5) is 0 Å². The van der Waals surface area contributed by atoms with Crippen LogP contribution in [0.5, 0.6) is 5.75 Å². The average molecular weight is 292 g/mol. The largest absolute Gasteiger partial charge is 0.462 e. The number of aryl methyl sites for hydroxylation is 1. The van der Waals surface area contributed by atoms with E-state index in [0.717, 1.165) is 11.1 Å². The molecule has 1 fully saturated rings. The lowest BCUT2D eigenvalue weighted by molar-refractivity contribution is -0.149. The number of hydrogen-bond donors (Lipinski definition) is 0. The van der Waals surface area contributed by atoms with E-state index in [1.807, 2.05) is 19.1 Å². The Balaban J connectivity index is 2.20. The molecule has 1 heterocycles. The van der Waals surface area contributed by atoms with Crippen LogP contribution in [0, 0.1) is 12.8 Å². The van der Waals surface area contributed by atoms with E-state index in [0.29, 0.717) is 12.4 Å². The van der Waals surface area contributed by atoms with Crippen LogP contribution in [-0.2, 0) is 24.7 Å². The van der Waals surface area contributed by atoms with Gasteiger partial charge in [0.25, 0.3) is 0 Å². The number of carbonyl (C=O) groups excluding carboxylic acids is 2. The molecular formula is C16H20O5. The maximum atomic E-state index is 11.6. The molecule has 1 atom stereocenters. The number of benzene rings is 1. The summed E-state index contributed by atoms with van der Waals surface area (Å²) in [6, 6.07) is 5.55. The predicted molar refractivity (Wildman–Crippen MR) is 75.9 cm³/mol. The van der Waals surface area contributed by atoms with Crippen LogP contribution in [0.3, 0.4) is 0 Å². The van der Waals surface area contributed by atoms with E-state index in [1.165, 1.54) is 6.92 Å². The van der Waals surface area contributed by atoms with Crippen LogP contribution in [0.25, 0.3) is 0 Å². The van der Waals surface area contributed by atoms with Crippen LogP contribution in [-0.4, -0.2) is 25.2 Å². The SMILES string of the molecule is CC(=O)Oc1cc(C)ccc1C1(COC(=O)C(C)C)CO1. The minimum absolute atomic E-state index is 0.126. The average Bonchev–Trinajstić information content (AvgIpc) is 3.16. The smallest absolute Gasteiger partial charge is 0.308 e. The van der Waals surface area contributed by atoms with Crippen molar-refractivity contribution in [1.82, 2.24) is 0 Å². The van der Waals surface area contributed by atoms with Crippen LogP contribution in [0.1, 0.15) is 31.9 Å². The van der Waals surface area contributed by atoms with Gasteiger partial charge in [-0.05, 0) is 18.6 Å². The molecule has 1 saturated heterocycles. The minimum atomic E-state index is -0.691. The summed E-state index contributed by atoms with van der Waals surface area (Å²) in [5, 5.41) is 0. The van der Waals surface area contributed by atoms with Crippen molar-refractivity contribution < 1.29 is 23.8 Å². The Morgan fingerprint density at radius 1 is 1.38 bits per heavy atom. The number of epoxide rings is 1. The second kappa shape index (κ2) is 5.85. The minimum Gasteiger partial charge on any atom is -0.462 e. The normalized spacial score (nSPS) is 20.2. The molecule has 0 aliphatic carbocycles. The van der Waals surface area contributed by atoms with E-state index in [2.05, 4.69) is 0 Å². The summed E-state index contributed by atoms with van der Waals surface area (Å²) in [6.45, 7) is 7.39. The maximum Gasteiger partial charge on any atom is 0.308 e. The Kier molecular flexibility index (Phi) is 4.32. The van der Waals surface area contributed by atoms with Crippen LogP contribution >= 0.6 is 0 Å². The third-order valence-electron chi connectivity index (χ3n) is 3.29. The van der Waals surface area contributed by atoms with Crippen LogP contribution in [0.15, 0.2) is 18.2 Å². The molecule has 1 aliphatic rings. The molecule has 5 heteroatoms. The van der Waals surface area contributed by atoms with Gasteiger partial charge in [0.05, 0.1) is 12.5 Å². The molecule has 114 valence electrons. The first-order valence-electron chi connectivity index (χ1n) is 6.94. The van der Waals surface area contributed by atoms with E-state index in [4.69, 9.17) is 14.2 Å². The van der Waals surface area contributed by atoms with Crippen LogP contribution in [0.2, 0.25) is 0 Å². The molecule has 0 N–H and O–H groups in total. The van der Waals surface area contributed by atoms with Crippen molar-refractivity contribution in [2.75, 3.05) is 13.2 Å². The van der Waals surface area contributed by atoms with Gasteiger partial charge in [0.15, 0.2) is 5.60 Å². The first-order chi connectivity index (χ1) is 9.84. The molecule has 1 aromatic carbocycles. The van der Waals surface area contributed by atoms with Gasteiger partial charge in [0.1, 0.15) is 12.4 Å². The van der Waals surface area contributed by atoms with Gasteiger partial charge in [-0.3, -0.25) is 9.59 Å². The van der Waals surface area contributed by atoms with E-state index in [-0.39, 0.29) is 18.5 Å².